The van der Waals surface area contributed by atoms with Crippen LogP contribution in [0.4, 0.5) is 0 Å². The summed E-state index contributed by atoms with van der Waals surface area (Å²) in [5.74, 6) is -2.10. The van der Waals surface area contributed by atoms with Gasteiger partial charge in [-0.1, -0.05) is 60.7 Å². The molecule has 3 saturated heterocycles. The lowest BCUT2D eigenvalue weighted by molar-refractivity contribution is -0.175. The number of benzene rings is 2. The molecule has 0 aliphatic carbocycles. The van der Waals surface area contributed by atoms with Crippen LogP contribution < -0.4 is 0 Å². The molecule has 1 N–H and O–H groups in total. The SMILES string of the molecule is CC1(C)S[C@@H]2[C@H]([C@H](O)C(=O)N3CCN(Cc4ccccc4)CC3)C(=O)N2[C@H]1C(=O)OCc1ccccc1. The van der Waals surface area contributed by atoms with E-state index in [0.717, 1.165) is 12.1 Å². The summed E-state index contributed by atoms with van der Waals surface area (Å²) < 4.78 is 4.95. The number of carbonyl (C=O) groups excluding carboxylic acids is 3. The first-order valence-electron chi connectivity index (χ1n) is 12.7. The first-order chi connectivity index (χ1) is 17.8. The lowest BCUT2D eigenvalue weighted by atomic mass is 9.87. The van der Waals surface area contributed by atoms with Crippen molar-refractivity contribution in [3.05, 3.63) is 71.8 Å². The number of ether oxygens (including phenoxy) is 1. The van der Waals surface area contributed by atoms with Crippen LogP contribution in [-0.2, 0) is 32.3 Å². The van der Waals surface area contributed by atoms with Gasteiger partial charge in [0.1, 0.15) is 24.7 Å². The Morgan fingerprint density at radius 3 is 2.22 bits per heavy atom. The molecule has 9 heteroatoms. The number of rotatable bonds is 7. The maximum atomic E-state index is 13.2. The predicted octanol–water partition coefficient (Wildman–Crippen LogP) is 2.11. The highest BCUT2D eigenvalue weighted by molar-refractivity contribution is 8.01. The molecule has 5 rings (SSSR count). The monoisotopic (exact) mass is 523 g/mol. The number of carbonyl (C=O) groups is 3. The van der Waals surface area contributed by atoms with Gasteiger partial charge in [-0.2, -0.15) is 0 Å². The van der Waals surface area contributed by atoms with Gasteiger partial charge < -0.3 is 19.6 Å². The van der Waals surface area contributed by atoms with Gasteiger partial charge in [-0.05, 0) is 25.0 Å². The lowest BCUT2D eigenvalue weighted by Crippen LogP contribution is -2.67. The summed E-state index contributed by atoms with van der Waals surface area (Å²) in [7, 11) is 0. The maximum absolute atomic E-state index is 13.2. The van der Waals surface area contributed by atoms with E-state index in [9.17, 15) is 19.5 Å². The standard InChI is InChI=1S/C28H33N3O5S/c1-28(2)23(27(35)36-18-20-11-7-4-8-12-20)31-24(33)21(26(31)37-28)22(32)25(34)30-15-13-29(14-16-30)17-19-9-5-3-6-10-19/h3-12,21-23,26,32H,13-18H2,1-2H3/t21-,22+,23+,26-/m1/s1. The van der Waals surface area contributed by atoms with Crippen molar-refractivity contribution in [2.75, 3.05) is 26.2 Å². The quantitative estimate of drug-likeness (QED) is 0.439. The average molecular weight is 524 g/mol. The Balaban J connectivity index is 1.17. The molecular weight excluding hydrogens is 490 g/mol. The van der Waals surface area contributed by atoms with Crippen molar-refractivity contribution >= 4 is 29.5 Å². The zero-order chi connectivity index (χ0) is 26.2. The van der Waals surface area contributed by atoms with E-state index in [1.807, 2.05) is 62.4 Å². The number of aliphatic hydroxyl groups is 1. The van der Waals surface area contributed by atoms with Crippen LogP contribution in [0.3, 0.4) is 0 Å². The van der Waals surface area contributed by atoms with Crippen molar-refractivity contribution in [1.82, 2.24) is 14.7 Å². The number of amides is 2. The fourth-order valence-electron chi connectivity index (χ4n) is 5.43. The van der Waals surface area contributed by atoms with Gasteiger partial charge in [0.15, 0.2) is 0 Å². The molecule has 196 valence electrons. The van der Waals surface area contributed by atoms with Crippen LogP contribution in [-0.4, -0.2) is 86.0 Å². The third kappa shape index (κ3) is 5.12. The number of thioether (sulfide) groups is 1. The first kappa shape index (κ1) is 25.8. The van der Waals surface area contributed by atoms with E-state index in [-0.39, 0.29) is 12.5 Å². The number of esters is 1. The second kappa shape index (κ2) is 10.5. The molecule has 0 saturated carbocycles. The molecule has 3 heterocycles. The molecule has 0 bridgehead atoms. The molecule has 37 heavy (non-hydrogen) atoms. The van der Waals surface area contributed by atoms with Crippen LogP contribution in [0.15, 0.2) is 60.7 Å². The summed E-state index contributed by atoms with van der Waals surface area (Å²) in [6, 6.07) is 18.8. The van der Waals surface area contributed by atoms with E-state index < -0.39 is 40.1 Å². The second-order valence-corrected chi connectivity index (χ2v) is 12.2. The zero-order valence-electron chi connectivity index (χ0n) is 21.2. The van der Waals surface area contributed by atoms with Crippen molar-refractivity contribution in [2.45, 2.75) is 49.3 Å². The normalized spacial score (nSPS) is 25.8. The maximum Gasteiger partial charge on any atom is 0.330 e. The molecule has 3 aliphatic rings. The summed E-state index contributed by atoms with van der Waals surface area (Å²) in [5.41, 5.74) is 2.09. The van der Waals surface area contributed by atoms with Gasteiger partial charge in [0.25, 0.3) is 5.91 Å². The van der Waals surface area contributed by atoms with Crippen molar-refractivity contribution < 1.29 is 24.2 Å². The predicted molar refractivity (Wildman–Crippen MR) is 140 cm³/mol. The molecule has 0 spiro atoms. The van der Waals surface area contributed by atoms with Crippen LogP contribution in [0.1, 0.15) is 25.0 Å². The van der Waals surface area contributed by atoms with E-state index in [1.54, 1.807) is 4.90 Å². The fourth-order valence-corrected chi connectivity index (χ4v) is 7.14. The minimum atomic E-state index is -1.42. The highest BCUT2D eigenvalue weighted by Crippen LogP contribution is 2.54. The number of nitrogens with zero attached hydrogens (tertiary/aromatic N) is 3. The Kier molecular flexibility index (Phi) is 7.29. The molecule has 0 aromatic heterocycles. The van der Waals surface area contributed by atoms with Crippen LogP contribution in [0.2, 0.25) is 0 Å². The third-order valence-electron chi connectivity index (χ3n) is 7.46. The van der Waals surface area contributed by atoms with Crippen LogP contribution in [0, 0.1) is 5.92 Å². The van der Waals surface area contributed by atoms with Gasteiger partial charge in [-0.25, -0.2) is 4.79 Å². The highest BCUT2D eigenvalue weighted by Gasteiger charge is 2.66. The molecule has 4 atom stereocenters. The van der Waals surface area contributed by atoms with Gasteiger partial charge >= 0.3 is 5.97 Å². The molecule has 0 unspecified atom stereocenters. The largest absolute Gasteiger partial charge is 0.459 e. The molecule has 8 nitrogen and oxygen atoms in total. The van der Waals surface area contributed by atoms with Gasteiger partial charge in [-0.3, -0.25) is 14.5 Å². The minimum Gasteiger partial charge on any atom is -0.459 e. The number of piperazine rings is 1. The van der Waals surface area contributed by atoms with Crippen molar-refractivity contribution in [3.8, 4) is 0 Å². The summed E-state index contributed by atoms with van der Waals surface area (Å²) in [4.78, 5) is 44.8. The molecular formula is C28H33N3O5S. The number of aliphatic hydroxyl groups excluding tert-OH is 1. The zero-order valence-corrected chi connectivity index (χ0v) is 22.0. The van der Waals surface area contributed by atoms with Crippen molar-refractivity contribution in [1.29, 1.82) is 0 Å². The van der Waals surface area contributed by atoms with Gasteiger partial charge in [0, 0.05) is 37.5 Å². The number of fused-ring (bicyclic) bond motifs is 1. The molecule has 0 radical (unpaired) electrons. The number of β-lactam (4-membered cyclic amide) rings is 1. The smallest absolute Gasteiger partial charge is 0.330 e. The van der Waals surface area contributed by atoms with E-state index in [1.165, 1.54) is 22.2 Å². The Bertz CT molecular complexity index is 1140. The van der Waals surface area contributed by atoms with Crippen LogP contribution >= 0.6 is 11.8 Å². The number of hydrogen-bond acceptors (Lipinski definition) is 7. The first-order valence-corrected chi connectivity index (χ1v) is 13.6. The Hall–Kier alpha value is -2.88. The van der Waals surface area contributed by atoms with Crippen LogP contribution in [0.25, 0.3) is 0 Å². The molecule has 3 fully saturated rings. The molecule has 3 aliphatic heterocycles. The van der Waals surface area contributed by atoms with Crippen molar-refractivity contribution in [2.24, 2.45) is 5.92 Å². The minimum absolute atomic E-state index is 0.129. The Morgan fingerprint density at radius 2 is 1.59 bits per heavy atom. The van der Waals surface area contributed by atoms with Gasteiger partial charge in [0.2, 0.25) is 5.91 Å². The Labute approximate surface area is 221 Å². The topological polar surface area (TPSA) is 90.4 Å². The second-order valence-electron chi connectivity index (χ2n) is 10.4. The third-order valence-corrected chi connectivity index (χ3v) is 9.05. The van der Waals surface area contributed by atoms with Crippen LogP contribution in [0.5, 0.6) is 0 Å². The summed E-state index contributed by atoms with van der Waals surface area (Å²) >= 11 is 1.45. The summed E-state index contributed by atoms with van der Waals surface area (Å²) in [6.07, 6.45) is -1.42. The lowest BCUT2D eigenvalue weighted by Gasteiger charge is -2.46. The summed E-state index contributed by atoms with van der Waals surface area (Å²) in [5, 5.41) is 10.5. The van der Waals surface area contributed by atoms with Gasteiger partial charge in [0.05, 0.1) is 5.37 Å². The Morgan fingerprint density at radius 1 is 1.00 bits per heavy atom. The van der Waals surface area contributed by atoms with E-state index in [2.05, 4.69) is 17.0 Å². The highest BCUT2D eigenvalue weighted by atomic mass is 32.2. The fraction of sp³-hybridized carbons (Fsp3) is 0.464. The van der Waals surface area contributed by atoms with E-state index >= 15 is 0 Å². The van der Waals surface area contributed by atoms with E-state index in [0.29, 0.717) is 26.2 Å². The molecule has 2 aromatic carbocycles. The van der Waals surface area contributed by atoms with Gasteiger partial charge in [-0.15, -0.1) is 11.8 Å². The average Bonchev–Trinajstić information content (AvgIpc) is 3.15. The van der Waals surface area contributed by atoms with Crippen molar-refractivity contribution in [3.63, 3.8) is 0 Å². The summed E-state index contributed by atoms with van der Waals surface area (Å²) in [6.45, 7) is 7.17. The molecule has 2 aromatic rings. The number of hydrogen-bond donors (Lipinski definition) is 1. The van der Waals surface area contributed by atoms with E-state index in [4.69, 9.17) is 4.74 Å². The molecule has 2 amide bonds.